The average Bonchev–Trinajstić information content (AvgIpc) is 2.38. The first-order valence-corrected chi connectivity index (χ1v) is 7.40. The Hall–Kier alpha value is -1.63. The topological polar surface area (TPSA) is 72.4 Å². The third-order valence-electron chi connectivity index (χ3n) is 2.70. The summed E-state index contributed by atoms with van der Waals surface area (Å²) in [4.78, 5) is 15.2. The van der Waals surface area contributed by atoms with Crippen LogP contribution in [0.25, 0.3) is 0 Å². The monoisotopic (exact) mass is 297 g/mol. The number of methoxy groups -OCH3 is 1. The number of aromatic nitrogens is 3. The highest BCUT2D eigenvalue weighted by Crippen LogP contribution is 2.17. The molecule has 7 heteroatoms. The first kappa shape index (κ1) is 17.4. The maximum absolute atomic E-state index is 5.62. The van der Waals surface area contributed by atoms with E-state index in [-0.39, 0.29) is 12.1 Å². The van der Waals surface area contributed by atoms with Crippen molar-refractivity contribution in [1.82, 2.24) is 15.0 Å². The van der Waals surface area contributed by atoms with Gasteiger partial charge in [-0.05, 0) is 34.6 Å². The van der Waals surface area contributed by atoms with Gasteiger partial charge in [-0.1, -0.05) is 0 Å². The number of ether oxygens (including phenoxy) is 2. The van der Waals surface area contributed by atoms with Gasteiger partial charge in [-0.25, -0.2) is 0 Å². The third-order valence-corrected chi connectivity index (χ3v) is 2.70. The van der Waals surface area contributed by atoms with Crippen molar-refractivity contribution in [2.75, 3.05) is 37.0 Å². The van der Waals surface area contributed by atoms with Crippen molar-refractivity contribution in [2.24, 2.45) is 0 Å². The largest absolute Gasteiger partial charge is 0.461 e. The second-order valence-corrected chi connectivity index (χ2v) is 5.22. The Kier molecular flexibility index (Phi) is 7.14. The molecule has 1 aromatic rings. The van der Waals surface area contributed by atoms with Crippen LogP contribution in [0.4, 0.5) is 11.9 Å². The van der Waals surface area contributed by atoms with Gasteiger partial charge in [0.15, 0.2) is 0 Å². The van der Waals surface area contributed by atoms with Crippen LogP contribution < -0.4 is 15.0 Å². The van der Waals surface area contributed by atoms with Crippen LogP contribution in [0.2, 0.25) is 0 Å². The highest BCUT2D eigenvalue weighted by atomic mass is 16.5. The van der Waals surface area contributed by atoms with Gasteiger partial charge in [-0.3, -0.25) is 0 Å². The summed E-state index contributed by atoms with van der Waals surface area (Å²) in [6.45, 7) is 12.1. The van der Waals surface area contributed by atoms with Crippen molar-refractivity contribution in [1.29, 1.82) is 0 Å². The summed E-state index contributed by atoms with van der Waals surface area (Å²) in [5.74, 6) is 1.13. The molecule has 0 saturated carbocycles. The first-order chi connectivity index (χ1) is 9.97. The second-order valence-electron chi connectivity index (χ2n) is 5.22. The Morgan fingerprint density at radius 2 is 1.86 bits per heavy atom. The number of nitrogens with zero attached hydrogens (tertiary/aromatic N) is 4. The molecule has 0 aliphatic carbocycles. The Morgan fingerprint density at radius 3 is 2.38 bits per heavy atom. The Balaban J connectivity index is 3.08. The molecular formula is C14H27N5O2. The molecule has 0 atom stereocenters. The summed E-state index contributed by atoms with van der Waals surface area (Å²) in [6, 6.07) is 0.595. The summed E-state index contributed by atoms with van der Waals surface area (Å²) in [6.07, 6.45) is 0.0150. The lowest BCUT2D eigenvalue weighted by atomic mass is 10.3. The average molecular weight is 297 g/mol. The second kappa shape index (κ2) is 8.61. The third kappa shape index (κ3) is 5.71. The highest BCUT2D eigenvalue weighted by Gasteiger charge is 2.17. The van der Waals surface area contributed by atoms with E-state index in [2.05, 4.69) is 39.0 Å². The van der Waals surface area contributed by atoms with Crippen molar-refractivity contribution in [3.05, 3.63) is 0 Å². The minimum Gasteiger partial charge on any atom is -0.461 e. The summed E-state index contributed by atoms with van der Waals surface area (Å²) >= 11 is 0. The summed E-state index contributed by atoms with van der Waals surface area (Å²) in [5, 5.41) is 3.11. The van der Waals surface area contributed by atoms with Crippen molar-refractivity contribution >= 4 is 11.9 Å². The molecule has 0 aliphatic rings. The Bertz CT molecular complexity index is 426. The Labute approximate surface area is 127 Å². The number of anilines is 2. The zero-order valence-electron chi connectivity index (χ0n) is 13.9. The van der Waals surface area contributed by atoms with Crippen molar-refractivity contribution in [3.8, 4) is 6.01 Å². The predicted molar refractivity (Wildman–Crippen MR) is 84.1 cm³/mol. The summed E-state index contributed by atoms with van der Waals surface area (Å²) in [7, 11) is 1.68. The molecule has 120 valence electrons. The van der Waals surface area contributed by atoms with E-state index in [1.54, 1.807) is 7.11 Å². The highest BCUT2D eigenvalue weighted by molar-refractivity contribution is 5.39. The molecule has 0 bridgehead atoms. The van der Waals surface area contributed by atoms with E-state index < -0.39 is 0 Å². The molecule has 21 heavy (non-hydrogen) atoms. The van der Waals surface area contributed by atoms with E-state index >= 15 is 0 Å². The van der Waals surface area contributed by atoms with Crippen LogP contribution in [0.15, 0.2) is 0 Å². The van der Waals surface area contributed by atoms with E-state index in [1.807, 2.05) is 20.8 Å². The van der Waals surface area contributed by atoms with E-state index in [0.29, 0.717) is 31.1 Å². The van der Waals surface area contributed by atoms with Crippen LogP contribution in [0.1, 0.15) is 34.6 Å². The number of hydrogen-bond donors (Lipinski definition) is 1. The van der Waals surface area contributed by atoms with Crippen LogP contribution in [-0.4, -0.2) is 53.9 Å². The lowest BCUT2D eigenvalue weighted by Crippen LogP contribution is -2.35. The minimum absolute atomic E-state index is 0.0150. The number of rotatable bonds is 9. The van der Waals surface area contributed by atoms with Crippen molar-refractivity contribution in [2.45, 2.75) is 46.8 Å². The van der Waals surface area contributed by atoms with Gasteiger partial charge >= 0.3 is 6.01 Å². The molecule has 0 fully saturated rings. The zero-order chi connectivity index (χ0) is 15.8. The molecule has 0 unspecified atom stereocenters. The van der Waals surface area contributed by atoms with Crippen LogP contribution in [-0.2, 0) is 4.74 Å². The molecule has 0 amide bonds. The fraction of sp³-hybridized carbons (Fsp3) is 0.786. The molecule has 0 aromatic carbocycles. The van der Waals surface area contributed by atoms with Gasteiger partial charge in [0.25, 0.3) is 0 Å². The van der Waals surface area contributed by atoms with Crippen LogP contribution >= 0.6 is 0 Å². The van der Waals surface area contributed by atoms with E-state index in [1.165, 1.54) is 0 Å². The maximum Gasteiger partial charge on any atom is 0.323 e. The molecule has 0 saturated heterocycles. The molecule has 0 radical (unpaired) electrons. The van der Waals surface area contributed by atoms with E-state index in [9.17, 15) is 0 Å². The van der Waals surface area contributed by atoms with Gasteiger partial charge < -0.3 is 19.7 Å². The quantitative estimate of drug-likeness (QED) is 0.747. The maximum atomic E-state index is 5.62. The normalized spacial score (nSPS) is 11.0. The van der Waals surface area contributed by atoms with Gasteiger partial charge in [-0.15, -0.1) is 0 Å². The standard InChI is InChI=1S/C14H27N5O2/c1-7-15-12-16-13(18-14(17-12)21-11(4)5)19(10(2)3)8-9-20-6/h10-11H,7-9H2,1-6H3,(H,15,16,17,18). The van der Waals surface area contributed by atoms with Crippen molar-refractivity contribution < 1.29 is 9.47 Å². The summed E-state index contributed by atoms with van der Waals surface area (Å²) in [5.41, 5.74) is 0. The van der Waals surface area contributed by atoms with Crippen LogP contribution in [0, 0.1) is 0 Å². The predicted octanol–water partition coefficient (Wildman–Crippen LogP) is 1.95. The minimum atomic E-state index is 0.0150. The van der Waals surface area contributed by atoms with Gasteiger partial charge in [0, 0.05) is 26.2 Å². The Morgan fingerprint density at radius 1 is 1.14 bits per heavy atom. The molecule has 1 N–H and O–H groups in total. The molecule has 7 nitrogen and oxygen atoms in total. The summed E-state index contributed by atoms with van der Waals surface area (Å²) < 4.78 is 10.8. The fourth-order valence-electron chi connectivity index (χ4n) is 1.75. The number of hydrogen-bond acceptors (Lipinski definition) is 7. The zero-order valence-corrected chi connectivity index (χ0v) is 13.9. The molecule has 1 heterocycles. The molecule has 1 rings (SSSR count). The van der Waals surface area contributed by atoms with Gasteiger partial charge in [0.2, 0.25) is 11.9 Å². The van der Waals surface area contributed by atoms with E-state index in [0.717, 1.165) is 6.54 Å². The molecular weight excluding hydrogens is 270 g/mol. The molecule has 0 aliphatic heterocycles. The first-order valence-electron chi connectivity index (χ1n) is 7.40. The van der Waals surface area contributed by atoms with Gasteiger partial charge in [-0.2, -0.15) is 15.0 Å². The fourth-order valence-corrected chi connectivity index (χ4v) is 1.75. The van der Waals surface area contributed by atoms with Gasteiger partial charge in [0.05, 0.1) is 12.7 Å². The SMILES string of the molecule is CCNc1nc(OC(C)C)nc(N(CCOC)C(C)C)n1. The lowest BCUT2D eigenvalue weighted by molar-refractivity contribution is 0.202. The van der Waals surface area contributed by atoms with Crippen LogP contribution in [0.3, 0.4) is 0 Å². The van der Waals surface area contributed by atoms with E-state index in [4.69, 9.17) is 9.47 Å². The molecule has 0 spiro atoms. The van der Waals surface area contributed by atoms with Gasteiger partial charge in [0.1, 0.15) is 0 Å². The number of nitrogens with one attached hydrogen (secondary N) is 1. The smallest absolute Gasteiger partial charge is 0.323 e. The van der Waals surface area contributed by atoms with Crippen LogP contribution in [0.5, 0.6) is 6.01 Å². The van der Waals surface area contributed by atoms with Crippen molar-refractivity contribution in [3.63, 3.8) is 0 Å². The lowest BCUT2D eigenvalue weighted by Gasteiger charge is -2.26. The molecule has 1 aromatic heterocycles.